The second kappa shape index (κ2) is 9.09. The summed E-state index contributed by atoms with van der Waals surface area (Å²) in [6.07, 6.45) is 0.900. The Kier molecular flexibility index (Phi) is 6.53. The third-order valence-corrected chi connectivity index (χ3v) is 5.30. The highest BCUT2D eigenvalue weighted by atomic mass is 32.2. The highest BCUT2D eigenvalue weighted by Gasteiger charge is 2.37. The summed E-state index contributed by atoms with van der Waals surface area (Å²) < 4.78 is 18.5. The van der Waals surface area contributed by atoms with Gasteiger partial charge in [-0.2, -0.15) is 0 Å². The first-order chi connectivity index (χ1) is 13.9. The van der Waals surface area contributed by atoms with Crippen LogP contribution in [0.5, 0.6) is 0 Å². The fraction of sp³-hybridized carbons (Fsp3) is 0.286. The smallest absolute Gasteiger partial charge is 0.312 e. The molecule has 6 nitrogen and oxygen atoms in total. The molecular formula is C21H21FN2O4S. The van der Waals surface area contributed by atoms with E-state index in [1.54, 1.807) is 16.7 Å². The van der Waals surface area contributed by atoms with Crippen LogP contribution in [0.3, 0.4) is 0 Å². The van der Waals surface area contributed by atoms with Crippen LogP contribution in [-0.4, -0.2) is 36.7 Å². The Morgan fingerprint density at radius 3 is 2.72 bits per heavy atom. The number of hydrogen-bond donors (Lipinski definition) is 1. The Bertz CT molecular complexity index is 936. The van der Waals surface area contributed by atoms with Crippen LogP contribution in [0, 0.1) is 11.7 Å². The summed E-state index contributed by atoms with van der Waals surface area (Å²) in [6, 6.07) is 12.9. The molecule has 0 radical (unpaired) electrons. The minimum Gasteiger partial charge on any atom is -0.452 e. The van der Waals surface area contributed by atoms with Crippen LogP contribution in [-0.2, 0) is 19.1 Å². The first-order valence-corrected chi connectivity index (χ1v) is 10.3. The molecule has 0 aromatic heterocycles. The van der Waals surface area contributed by atoms with Crippen molar-refractivity contribution in [3.8, 4) is 0 Å². The minimum atomic E-state index is -1.07. The largest absolute Gasteiger partial charge is 0.452 e. The number of anilines is 2. The fourth-order valence-electron chi connectivity index (χ4n) is 3.03. The van der Waals surface area contributed by atoms with Crippen LogP contribution in [0.1, 0.15) is 13.3 Å². The van der Waals surface area contributed by atoms with Crippen LogP contribution in [0.15, 0.2) is 53.4 Å². The summed E-state index contributed by atoms with van der Waals surface area (Å²) in [6.45, 7) is 1.64. The average Bonchev–Trinajstić information content (AvgIpc) is 3.10. The SMILES string of the molecule is CSc1cccc(N2C[C@@H](C(=O)O[C@@H](C)C(=O)Nc3cccc(F)c3)CC2=O)c1. The van der Waals surface area contributed by atoms with Crippen molar-refractivity contribution in [3.63, 3.8) is 0 Å². The minimum absolute atomic E-state index is 0.0283. The molecule has 0 unspecified atom stereocenters. The number of ether oxygens (including phenoxy) is 1. The van der Waals surface area contributed by atoms with E-state index in [0.29, 0.717) is 0 Å². The summed E-state index contributed by atoms with van der Waals surface area (Å²) in [5.41, 5.74) is 1.00. The van der Waals surface area contributed by atoms with Gasteiger partial charge >= 0.3 is 5.97 Å². The molecule has 0 aliphatic carbocycles. The van der Waals surface area contributed by atoms with Gasteiger partial charge < -0.3 is 15.0 Å². The molecule has 1 heterocycles. The van der Waals surface area contributed by atoms with Crippen LogP contribution in [0.25, 0.3) is 0 Å². The molecule has 1 N–H and O–H groups in total. The maximum Gasteiger partial charge on any atom is 0.312 e. The van der Waals surface area contributed by atoms with Gasteiger partial charge in [-0.05, 0) is 49.6 Å². The number of rotatable bonds is 6. The van der Waals surface area contributed by atoms with E-state index < -0.39 is 29.7 Å². The van der Waals surface area contributed by atoms with Gasteiger partial charge in [0.2, 0.25) is 5.91 Å². The van der Waals surface area contributed by atoms with Crippen molar-refractivity contribution in [1.29, 1.82) is 0 Å². The number of esters is 1. The molecule has 1 aliphatic heterocycles. The van der Waals surface area contributed by atoms with E-state index in [1.165, 1.54) is 31.2 Å². The van der Waals surface area contributed by atoms with Crippen molar-refractivity contribution in [2.45, 2.75) is 24.3 Å². The van der Waals surface area contributed by atoms with Crippen molar-refractivity contribution >= 4 is 40.9 Å². The number of thioether (sulfide) groups is 1. The second-order valence-electron chi connectivity index (χ2n) is 6.69. The number of hydrogen-bond acceptors (Lipinski definition) is 5. The third-order valence-electron chi connectivity index (χ3n) is 4.58. The standard InChI is InChI=1S/C21H21FN2O4S/c1-13(20(26)23-16-6-3-5-15(22)10-16)28-21(27)14-9-19(25)24(12-14)17-7-4-8-18(11-17)29-2/h3-8,10-11,13-14H,9,12H2,1-2H3,(H,23,26)/t13-,14-/m0/s1. The van der Waals surface area contributed by atoms with Crippen molar-refractivity contribution in [2.75, 3.05) is 23.0 Å². The normalized spacial score (nSPS) is 17.1. The van der Waals surface area contributed by atoms with Crippen molar-refractivity contribution in [1.82, 2.24) is 0 Å². The van der Waals surface area contributed by atoms with Gasteiger partial charge in [0.05, 0.1) is 5.92 Å². The predicted octanol–water partition coefficient (Wildman–Crippen LogP) is 3.47. The van der Waals surface area contributed by atoms with Gasteiger partial charge in [-0.25, -0.2) is 4.39 Å². The zero-order valence-electron chi connectivity index (χ0n) is 16.1. The Morgan fingerprint density at radius 2 is 2.00 bits per heavy atom. The summed E-state index contributed by atoms with van der Waals surface area (Å²) in [5, 5.41) is 2.50. The average molecular weight is 416 g/mol. The lowest BCUT2D eigenvalue weighted by molar-refractivity contribution is -0.157. The molecule has 152 valence electrons. The van der Waals surface area contributed by atoms with Gasteiger partial charge in [-0.1, -0.05) is 12.1 Å². The maximum atomic E-state index is 13.2. The third kappa shape index (κ3) is 5.14. The Balaban J connectivity index is 1.59. The molecule has 2 amide bonds. The molecule has 0 spiro atoms. The Hall–Kier alpha value is -2.87. The molecule has 1 saturated heterocycles. The Labute approximate surface area is 172 Å². The highest BCUT2D eigenvalue weighted by molar-refractivity contribution is 7.98. The lowest BCUT2D eigenvalue weighted by atomic mass is 10.1. The van der Waals surface area contributed by atoms with Gasteiger partial charge in [0, 0.05) is 29.2 Å². The number of halogens is 1. The number of nitrogens with one attached hydrogen (secondary N) is 1. The summed E-state index contributed by atoms with van der Waals surface area (Å²) in [5.74, 6) is -2.48. The number of amides is 2. The summed E-state index contributed by atoms with van der Waals surface area (Å²) in [7, 11) is 0. The van der Waals surface area contributed by atoms with E-state index in [1.807, 2.05) is 30.5 Å². The molecule has 0 saturated carbocycles. The summed E-state index contributed by atoms with van der Waals surface area (Å²) in [4.78, 5) is 39.6. The second-order valence-corrected chi connectivity index (χ2v) is 7.57. The van der Waals surface area contributed by atoms with E-state index in [-0.39, 0.29) is 24.6 Å². The number of carbonyl (C=O) groups is 3. The molecule has 2 aromatic carbocycles. The first-order valence-electron chi connectivity index (χ1n) is 9.08. The number of nitrogens with zero attached hydrogens (tertiary/aromatic N) is 1. The predicted molar refractivity (Wildman–Crippen MR) is 109 cm³/mol. The van der Waals surface area contributed by atoms with Crippen molar-refractivity contribution < 1.29 is 23.5 Å². The fourth-order valence-corrected chi connectivity index (χ4v) is 3.48. The van der Waals surface area contributed by atoms with Gasteiger partial charge in [-0.15, -0.1) is 11.8 Å². The molecule has 2 atom stereocenters. The Morgan fingerprint density at radius 1 is 1.24 bits per heavy atom. The van der Waals surface area contributed by atoms with Crippen LogP contribution < -0.4 is 10.2 Å². The number of carbonyl (C=O) groups excluding carboxylic acids is 3. The molecule has 8 heteroatoms. The zero-order valence-corrected chi connectivity index (χ0v) is 16.9. The van der Waals surface area contributed by atoms with E-state index in [2.05, 4.69) is 5.32 Å². The first kappa shape index (κ1) is 20.9. The topological polar surface area (TPSA) is 75.7 Å². The molecule has 29 heavy (non-hydrogen) atoms. The lowest BCUT2D eigenvalue weighted by Crippen LogP contribution is -2.33. The molecule has 0 bridgehead atoms. The van der Waals surface area contributed by atoms with Crippen molar-refractivity contribution in [2.24, 2.45) is 5.92 Å². The highest BCUT2D eigenvalue weighted by Crippen LogP contribution is 2.29. The van der Waals surface area contributed by atoms with E-state index in [4.69, 9.17) is 4.74 Å². The van der Waals surface area contributed by atoms with Crippen LogP contribution in [0.4, 0.5) is 15.8 Å². The molecule has 1 fully saturated rings. The van der Waals surface area contributed by atoms with Gasteiger partial charge in [0.1, 0.15) is 5.82 Å². The van der Waals surface area contributed by atoms with Gasteiger partial charge in [0.25, 0.3) is 5.91 Å². The lowest BCUT2D eigenvalue weighted by Gasteiger charge is -2.18. The van der Waals surface area contributed by atoms with Crippen LogP contribution in [0.2, 0.25) is 0 Å². The maximum absolute atomic E-state index is 13.2. The molecular weight excluding hydrogens is 395 g/mol. The van der Waals surface area contributed by atoms with E-state index in [0.717, 1.165) is 10.6 Å². The number of benzene rings is 2. The van der Waals surface area contributed by atoms with Crippen LogP contribution >= 0.6 is 11.8 Å². The quantitative estimate of drug-likeness (QED) is 0.577. The summed E-state index contributed by atoms with van der Waals surface area (Å²) >= 11 is 1.57. The van der Waals surface area contributed by atoms with Gasteiger partial charge in [-0.3, -0.25) is 14.4 Å². The van der Waals surface area contributed by atoms with Crippen molar-refractivity contribution in [3.05, 3.63) is 54.3 Å². The van der Waals surface area contributed by atoms with E-state index >= 15 is 0 Å². The molecule has 2 aromatic rings. The zero-order chi connectivity index (χ0) is 21.0. The van der Waals surface area contributed by atoms with E-state index in [9.17, 15) is 18.8 Å². The van der Waals surface area contributed by atoms with Gasteiger partial charge in [0.15, 0.2) is 6.10 Å². The molecule has 1 aliphatic rings. The monoisotopic (exact) mass is 416 g/mol. The molecule has 3 rings (SSSR count).